The number of hydrogen-bond donors (Lipinski definition) is 2. The summed E-state index contributed by atoms with van der Waals surface area (Å²) < 4.78 is 13.1. The third-order valence-electron chi connectivity index (χ3n) is 5.76. The Morgan fingerprint density at radius 3 is 2.46 bits per heavy atom. The molecule has 0 aromatic heterocycles. The average Bonchev–Trinajstić information content (AvgIpc) is 2.91. The maximum absolute atomic E-state index is 13.2. The third-order valence-corrected chi connectivity index (χ3v) is 5.76. The van der Waals surface area contributed by atoms with Gasteiger partial charge in [0.15, 0.2) is 18.1 Å². The van der Waals surface area contributed by atoms with Gasteiger partial charge >= 0.3 is 0 Å². The van der Waals surface area contributed by atoms with Gasteiger partial charge in [-0.1, -0.05) is 18.2 Å². The molecule has 0 spiro atoms. The first-order chi connectivity index (χ1) is 13.5. The summed E-state index contributed by atoms with van der Waals surface area (Å²) in [5, 5.41) is 11.3. The van der Waals surface area contributed by atoms with Crippen molar-refractivity contribution in [3.8, 4) is 0 Å². The van der Waals surface area contributed by atoms with Gasteiger partial charge in [0.25, 0.3) is 5.91 Å². The number of quaternary nitrogens is 1. The molecule has 2 aliphatic heterocycles. The Kier molecular flexibility index (Phi) is 5.00. The number of piperidine rings is 1. The molecule has 146 valence electrons. The summed E-state index contributed by atoms with van der Waals surface area (Å²) in [7, 11) is 0. The summed E-state index contributed by atoms with van der Waals surface area (Å²) >= 11 is 0. The molecule has 0 aliphatic carbocycles. The Morgan fingerprint density at radius 2 is 1.75 bits per heavy atom. The normalized spacial score (nSPS) is 22.4. The summed E-state index contributed by atoms with van der Waals surface area (Å²) in [6, 6.07) is 12.3. The van der Waals surface area contributed by atoms with Gasteiger partial charge in [-0.2, -0.15) is 0 Å². The fourth-order valence-electron chi connectivity index (χ4n) is 4.24. The highest BCUT2D eigenvalue weighted by atomic mass is 19.1. The summed E-state index contributed by atoms with van der Waals surface area (Å²) in [5.41, 5.74) is -0.482. The second-order valence-electron chi connectivity index (χ2n) is 7.69. The van der Waals surface area contributed by atoms with Gasteiger partial charge in [0.1, 0.15) is 5.82 Å². The van der Waals surface area contributed by atoms with Crippen molar-refractivity contribution >= 4 is 17.4 Å². The van der Waals surface area contributed by atoms with E-state index in [1.807, 2.05) is 12.1 Å². The fourth-order valence-corrected chi connectivity index (χ4v) is 4.24. The van der Waals surface area contributed by atoms with Gasteiger partial charge in [0, 0.05) is 11.1 Å². The van der Waals surface area contributed by atoms with E-state index in [1.165, 1.54) is 35.6 Å². The molecule has 5 nitrogen and oxygen atoms in total. The summed E-state index contributed by atoms with van der Waals surface area (Å²) in [6.07, 6.45) is 3.11. The van der Waals surface area contributed by atoms with Crippen LogP contribution < -0.4 is 9.80 Å². The molecular weight excluding hydrogens is 359 g/mol. The monoisotopic (exact) mass is 383 g/mol. The van der Waals surface area contributed by atoms with Crippen LogP contribution in [0.1, 0.15) is 41.6 Å². The topological polar surface area (TPSA) is 62.0 Å². The number of rotatable bonds is 5. The number of halogens is 1. The number of benzene rings is 2. The minimum Gasteiger partial charge on any atom is -0.375 e. The number of carbonyl (C=O) groups excluding carboxylic acids is 2. The van der Waals surface area contributed by atoms with Crippen LogP contribution in [0.5, 0.6) is 0 Å². The van der Waals surface area contributed by atoms with Crippen LogP contribution in [-0.4, -0.2) is 36.6 Å². The average molecular weight is 383 g/mol. The van der Waals surface area contributed by atoms with Gasteiger partial charge in [-0.05, 0) is 49.6 Å². The van der Waals surface area contributed by atoms with Crippen molar-refractivity contribution in [2.45, 2.75) is 31.3 Å². The van der Waals surface area contributed by atoms with E-state index in [9.17, 15) is 19.1 Å². The molecule has 2 N–H and O–H groups in total. The molecule has 1 fully saturated rings. The van der Waals surface area contributed by atoms with Crippen molar-refractivity contribution in [3.05, 3.63) is 65.5 Å². The lowest BCUT2D eigenvalue weighted by Gasteiger charge is -2.29. The maximum atomic E-state index is 13.2. The number of para-hydroxylation sites is 1. The van der Waals surface area contributed by atoms with E-state index in [0.29, 0.717) is 17.9 Å². The molecule has 0 unspecified atom stereocenters. The van der Waals surface area contributed by atoms with Crippen molar-refractivity contribution in [2.24, 2.45) is 0 Å². The fraction of sp³-hybridized carbons (Fsp3) is 0.364. The summed E-state index contributed by atoms with van der Waals surface area (Å²) in [5.74, 6) is -1.28. The van der Waals surface area contributed by atoms with Crippen LogP contribution in [0.15, 0.2) is 48.5 Å². The lowest BCUT2D eigenvalue weighted by molar-refractivity contribution is -0.903. The van der Waals surface area contributed by atoms with Gasteiger partial charge in [0.05, 0.1) is 25.2 Å². The Hall–Kier alpha value is -2.57. The Bertz CT molecular complexity index is 893. The van der Waals surface area contributed by atoms with Crippen molar-refractivity contribution in [2.75, 3.05) is 24.7 Å². The van der Waals surface area contributed by atoms with E-state index in [1.54, 1.807) is 17.0 Å². The molecule has 2 aromatic carbocycles. The second-order valence-corrected chi connectivity index (χ2v) is 7.69. The van der Waals surface area contributed by atoms with Gasteiger partial charge in [-0.15, -0.1) is 0 Å². The number of anilines is 1. The van der Waals surface area contributed by atoms with Crippen molar-refractivity contribution in [1.82, 2.24) is 0 Å². The zero-order valence-corrected chi connectivity index (χ0v) is 15.7. The lowest BCUT2D eigenvalue weighted by atomic mass is 9.88. The molecule has 1 amide bonds. The quantitative estimate of drug-likeness (QED) is 0.772. The number of ketones is 1. The molecule has 0 radical (unpaired) electrons. The number of carbonyl (C=O) groups is 2. The minimum atomic E-state index is -1.89. The third kappa shape index (κ3) is 3.34. The molecule has 28 heavy (non-hydrogen) atoms. The molecule has 2 aromatic rings. The van der Waals surface area contributed by atoms with Crippen LogP contribution in [-0.2, 0) is 10.4 Å². The van der Waals surface area contributed by atoms with Crippen LogP contribution in [0.2, 0.25) is 0 Å². The Labute approximate surface area is 163 Å². The van der Waals surface area contributed by atoms with Crippen molar-refractivity contribution in [3.63, 3.8) is 0 Å². The highest BCUT2D eigenvalue weighted by Gasteiger charge is 2.51. The first-order valence-corrected chi connectivity index (χ1v) is 9.75. The lowest BCUT2D eigenvalue weighted by Crippen LogP contribution is -3.14. The maximum Gasteiger partial charge on any atom is 0.268 e. The SMILES string of the molecule is O=C(C[C@]1(O)C(=O)N(C[NH+]2CCCCC2)c2ccccc21)c1ccc(F)cc1. The number of hydrogen-bond acceptors (Lipinski definition) is 3. The van der Waals surface area contributed by atoms with Crippen molar-refractivity contribution in [1.29, 1.82) is 0 Å². The van der Waals surface area contributed by atoms with Gasteiger partial charge in [-0.3, -0.25) is 14.5 Å². The van der Waals surface area contributed by atoms with Gasteiger partial charge in [-0.25, -0.2) is 4.39 Å². The largest absolute Gasteiger partial charge is 0.375 e. The number of fused-ring (bicyclic) bond motifs is 1. The van der Waals surface area contributed by atoms with E-state index in [-0.39, 0.29) is 12.0 Å². The van der Waals surface area contributed by atoms with Crippen LogP contribution >= 0.6 is 0 Å². The molecule has 0 bridgehead atoms. The standard InChI is InChI=1S/C22H23FN2O3/c23-17-10-8-16(9-11-17)20(26)14-22(28)18-6-2-3-7-19(18)25(21(22)27)15-24-12-4-1-5-13-24/h2-3,6-11,28H,1,4-5,12-15H2/p+1/t22-/m1/s1. The molecule has 4 rings (SSSR count). The van der Waals surface area contributed by atoms with E-state index in [0.717, 1.165) is 25.9 Å². The number of likely N-dealkylation sites (tertiary alicyclic amines) is 1. The summed E-state index contributed by atoms with van der Waals surface area (Å²) in [6.45, 7) is 2.49. The highest BCUT2D eigenvalue weighted by Crippen LogP contribution is 2.42. The molecule has 1 saturated heterocycles. The van der Waals surface area contributed by atoms with Gasteiger partial charge < -0.3 is 10.0 Å². The van der Waals surface area contributed by atoms with Crippen molar-refractivity contribution < 1.29 is 24.0 Å². The predicted molar refractivity (Wildman–Crippen MR) is 103 cm³/mol. The number of Topliss-reactive ketones (excluding diaryl/α,β-unsaturated/α-hetero) is 1. The van der Waals surface area contributed by atoms with Crippen LogP contribution in [0.25, 0.3) is 0 Å². The first-order valence-electron chi connectivity index (χ1n) is 9.75. The number of amides is 1. The Balaban J connectivity index is 1.61. The van der Waals surface area contributed by atoms with Crippen LogP contribution in [0.4, 0.5) is 10.1 Å². The van der Waals surface area contributed by atoms with Crippen LogP contribution in [0, 0.1) is 5.82 Å². The molecule has 0 saturated carbocycles. The van der Waals surface area contributed by atoms with Gasteiger partial charge in [0.2, 0.25) is 0 Å². The number of nitrogens with one attached hydrogen (secondary N) is 1. The van der Waals surface area contributed by atoms with E-state index >= 15 is 0 Å². The minimum absolute atomic E-state index is 0.278. The van der Waals surface area contributed by atoms with E-state index in [4.69, 9.17) is 0 Å². The first kappa shape index (κ1) is 18.8. The zero-order chi connectivity index (χ0) is 19.7. The highest BCUT2D eigenvalue weighted by molar-refractivity contribution is 6.10. The molecular formula is C22H24FN2O3+. The zero-order valence-electron chi connectivity index (χ0n) is 15.7. The van der Waals surface area contributed by atoms with E-state index < -0.39 is 23.1 Å². The number of aliphatic hydroxyl groups is 1. The van der Waals surface area contributed by atoms with Crippen LogP contribution in [0.3, 0.4) is 0 Å². The van der Waals surface area contributed by atoms with E-state index in [2.05, 4.69) is 0 Å². The Morgan fingerprint density at radius 1 is 1.07 bits per heavy atom. The molecule has 2 aliphatic rings. The number of nitrogens with zero attached hydrogens (tertiary/aromatic N) is 1. The molecule has 2 heterocycles. The summed E-state index contributed by atoms with van der Waals surface area (Å²) in [4.78, 5) is 28.9. The molecule has 1 atom stereocenters. The molecule has 6 heteroatoms. The smallest absolute Gasteiger partial charge is 0.268 e. The predicted octanol–water partition coefficient (Wildman–Crippen LogP) is 1.66. The second kappa shape index (κ2) is 7.45.